The quantitative estimate of drug-likeness (QED) is 0.796. The second-order valence-corrected chi connectivity index (χ2v) is 5.76. The topological polar surface area (TPSA) is 70.0 Å². The summed E-state index contributed by atoms with van der Waals surface area (Å²) in [6.45, 7) is 1.32. The normalized spacial score (nSPS) is 17.4. The number of sulfone groups is 1. The lowest BCUT2D eigenvalue weighted by Crippen LogP contribution is -2.18. The maximum absolute atomic E-state index is 12.5. The molecule has 0 fully saturated rings. The lowest BCUT2D eigenvalue weighted by molar-refractivity contribution is -0.137. The minimum Gasteiger partial charge on any atom is -0.356 e. The number of alkyl halides is 3. The highest BCUT2D eigenvalue weighted by Gasteiger charge is 2.35. The van der Waals surface area contributed by atoms with Crippen LogP contribution in [0.4, 0.5) is 18.9 Å². The first-order valence-corrected chi connectivity index (χ1v) is 6.50. The fourth-order valence-corrected chi connectivity index (χ4v) is 3.19. The van der Waals surface area contributed by atoms with E-state index in [-0.39, 0.29) is 16.3 Å². The van der Waals surface area contributed by atoms with Gasteiger partial charge in [-0.25, -0.2) is 8.42 Å². The van der Waals surface area contributed by atoms with E-state index in [4.69, 9.17) is 5.26 Å². The molecule has 1 aromatic rings. The summed E-state index contributed by atoms with van der Waals surface area (Å²) < 4.78 is 61.7. The zero-order valence-corrected chi connectivity index (χ0v) is 10.4. The van der Waals surface area contributed by atoms with Crippen molar-refractivity contribution in [2.75, 3.05) is 5.32 Å². The number of allylic oxidation sites excluding steroid dienone is 2. The molecular weight excluding hydrogens is 281 g/mol. The molecule has 100 valence electrons. The van der Waals surface area contributed by atoms with Crippen LogP contribution in [0.15, 0.2) is 33.7 Å². The number of benzene rings is 1. The number of anilines is 1. The van der Waals surface area contributed by atoms with E-state index >= 15 is 0 Å². The van der Waals surface area contributed by atoms with E-state index in [0.29, 0.717) is 12.1 Å². The Morgan fingerprint density at radius 3 is 2.47 bits per heavy atom. The van der Waals surface area contributed by atoms with E-state index in [1.165, 1.54) is 13.0 Å². The van der Waals surface area contributed by atoms with Crippen LogP contribution in [0.3, 0.4) is 0 Å². The average Bonchev–Trinajstić information content (AvgIpc) is 2.26. The number of rotatable bonds is 0. The Labute approximate surface area is 107 Å². The molecule has 0 aliphatic carbocycles. The Bertz CT molecular complexity index is 727. The Morgan fingerprint density at radius 1 is 1.32 bits per heavy atom. The van der Waals surface area contributed by atoms with Crippen LogP contribution < -0.4 is 5.32 Å². The molecule has 0 amide bonds. The van der Waals surface area contributed by atoms with Gasteiger partial charge in [0.25, 0.3) is 0 Å². The first kappa shape index (κ1) is 13.4. The van der Waals surface area contributed by atoms with Crippen LogP contribution in [0.25, 0.3) is 0 Å². The SMILES string of the molecule is CC1=C(C#N)S(=O)(=O)c2ccc(C(F)(F)F)cc2N1. The van der Waals surface area contributed by atoms with Crippen molar-refractivity contribution in [3.63, 3.8) is 0 Å². The van der Waals surface area contributed by atoms with E-state index in [9.17, 15) is 21.6 Å². The highest BCUT2D eigenvalue weighted by atomic mass is 32.2. The maximum Gasteiger partial charge on any atom is 0.416 e. The number of fused-ring (bicyclic) bond motifs is 1. The minimum absolute atomic E-state index is 0.00863. The third-order valence-corrected chi connectivity index (χ3v) is 4.50. The third-order valence-electron chi connectivity index (χ3n) is 2.63. The fraction of sp³-hybridized carbons (Fsp3) is 0.182. The lowest BCUT2D eigenvalue weighted by atomic mass is 10.2. The largest absolute Gasteiger partial charge is 0.416 e. The number of halogens is 3. The van der Waals surface area contributed by atoms with Crippen LogP contribution in [-0.2, 0) is 16.0 Å². The third kappa shape index (κ3) is 2.06. The Hall–Kier alpha value is -2.01. The van der Waals surface area contributed by atoms with Crippen LogP contribution in [0, 0.1) is 11.3 Å². The molecule has 0 spiro atoms. The maximum atomic E-state index is 12.5. The molecule has 0 saturated carbocycles. The molecule has 0 bridgehead atoms. The van der Waals surface area contributed by atoms with Crippen molar-refractivity contribution in [3.8, 4) is 6.07 Å². The number of nitrogens with zero attached hydrogens (tertiary/aromatic N) is 1. The smallest absolute Gasteiger partial charge is 0.356 e. The number of hydrogen-bond acceptors (Lipinski definition) is 4. The van der Waals surface area contributed by atoms with Crippen LogP contribution in [-0.4, -0.2) is 8.42 Å². The minimum atomic E-state index is -4.56. The van der Waals surface area contributed by atoms with Crippen molar-refractivity contribution in [3.05, 3.63) is 34.4 Å². The molecule has 4 nitrogen and oxygen atoms in total. The second kappa shape index (κ2) is 3.99. The predicted molar refractivity (Wildman–Crippen MR) is 60.6 cm³/mol. The van der Waals surface area contributed by atoms with Gasteiger partial charge in [-0.15, -0.1) is 0 Å². The van der Waals surface area contributed by atoms with Gasteiger partial charge < -0.3 is 5.32 Å². The van der Waals surface area contributed by atoms with Crippen molar-refractivity contribution in [2.24, 2.45) is 0 Å². The molecule has 1 aromatic carbocycles. The number of hydrogen-bond donors (Lipinski definition) is 1. The summed E-state index contributed by atoms with van der Waals surface area (Å²) in [6, 6.07) is 3.78. The molecular formula is C11H7F3N2O2S. The van der Waals surface area contributed by atoms with Gasteiger partial charge in [0.1, 0.15) is 6.07 Å². The zero-order valence-electron chi connectivity index (χ0n) is 9.54. The predicted octanol–water partition coefficient (Wildman–Crippen LogP) is 2.66. The van der Waals surface area contributed by atoms with Crippen molar-refractivity contribution in [1.82, 2.24) is 0 Å². The highest BCUT2D eigenvalue weighted by Crippen LogP contribution is 2.38. The number of nitrogens with one attached hydrogen (secondary N) is 1. The fourth-order valence-electron chi connectivity index (χ4n) is 1.75. The summed E-state index contributed by atoms with van der Waals surface area (Å²) in [5.41, 5.74) is -1.12. The molecule has 2 rings (SSSR count). The van der Waals surface area contributed by atoms with Crippen molar-refractivity contribution in [2.45, 2.75) is 18.0 Å². The molecule has 1 N–H and O–H groups in total. The molecule has 1 aliphatic heterocycles. The van der Waals surface area contributed by atoms with Crippen LogP contribution in [0.2, 0.25) is 0 Å². The van der Waals surface area contributed by atoms with Gasteiger partial charge in [0.2, 0.25) is 9.84 Å². The summed E-state index contributed by atoms with van der Waals surface area (Å²) in [4.78, 5) is -0.817. The van der Waals surface area contributed by atoms with E-state index in [1.807, 2.05) is 0 Å². The van der Waals surface area contributed by atoms with E-state index < -0.39 is 26.5 Å². The molecule has 0 radical (unpaired) electrons. The molecule has 1 aliphatic rings. The Kier molecular flexibility index (Phi) is 2.82. The van der Waals surface area contributed by atoms with E-state index in [2.05, 4.69) is 5.32 Å². The summed E-state index contributed by atoms with van der Waals surface area (Å²) in [5, 5.41) is 11.3. The van der Waals surface area contributed by atoms with E-state index in [1.54, 1.807) is 0 Å². The molecule has 0 saturated heterocycles. The molecule has 8 heteroatoms. The molecule has 0 atom stereocenters. The van der Waals surface area contributed by atoms with Gasteiger partial charge in [-0.2, -0.15) is 18.4 Å². The van der Waals surface area contributed by atoms with Gasteiger partial charge in [-0.05, 0) is 25.1 Å². The molecule has 0 unspecified atom stereocenters. The van der Waals surface area contributed by atoms with Crippen LogP contribution in [0.5, 0.6) is 0 Å². The first-order chi connectivity index (χ1) is 8.67. The summed E-state index contributed by atoms with van der Waals surface area (Å²) in [5.74, 6) is 0. The first-order valence-electron chi connectivity index (χ1n) is 5.02. The Morgan fingerprint density at radius 2 is 1.95 bits per heavy atom. The van der Waals surface area contributed by atoms with Crippen LogP contribution >= 0.6 is 0 Å². The summed E-state index contributed by atoms with van der Waals surface area (Å²) in [7, 11) is -4.06. The van der Waals surface area contributed by atoms with Crippen molar-refractivity contribution in [1.29, 1.82) is 5.26 Å². The van der Waals surface area contributed by atoms with Gasteiger partial charge in [0.05, 0.1) is 16.1 Å². The van der Waals surface area contributed by atoms with Crippen LogP contribution in [0.1, 0.15) is 12.5 Å². The van der Waals surface area contributed by atoms with Gasteiger partial charge in [0, 0.05) is 5.70 Å². The summed E-state index contributed by atoms with van der Waals surface area (Å²) in [6.07, 6.45) is -4.56. The molecule has 0 aromatic heterocycles. The lowest BCUT2D eigenvalue weighted by Gasteiger charge is -2.20. The molecule has 1 heterocycles. The van der Waals surface area contributed by atoms with Gasteiger partial charge in [-0.3, -0.25) is 0 Å². The number of nitriles is 1. The summed E-state index contributed by atoms with van der Waals surface area (Å²) >= 11 is 0. The van der Waals surface area contributed by atoms with Gasteiger partial charge in [-0.1, -0.05) is 0 Å². The van der Waals surface area contributed by atoms with Gasteiger partial charge >= 0.3 is 6.18 Å². The standard InChI is InChI=1S/C11H7F3N2O2S/c1-6-10(5-15)19(17,18)9-3-2-7(11(12,13)14)4-8(9)16-6/h2-4,16H,1H3. The zero-order chi connectivity index (χ0) is 14.4. The van der Waals surface area contributed by atoms with Crippen molar-refractivity contribution < 1.29 is 21.6 Å². The van der Waals surface area contributed by atoms with Crippen molar-refractivity contribution >= 4 is 15.5 Å². The Balaban J connectivity index is 2.69. The van der Waals surface area contributed by atoms with E-state index in [0.717, 1.165) is 6.07 Å². The van der Waals surface area contributed by atoms with Gasteiger partial charge in [0.15, 0.2) is 4.91 Å². The molecule has 19 heavy (non-hydrogen) atoms. The highest BCUT2D eigenvalue weighted by molar-refractivity contribution is 7.95. The average molecular weight is 288 g/mol. The second-order valence-electron chi connectivity index (χ2n) is 3.90. The monoisotopic (exact) mass is 288 g/mol.